The van der Waals surface area contributed by atoms with Crippen molar-refractivity contribution in [1.29, 1.82) is 0 Å². The fraction of sp³-hybridized carbons (Fsp3) is 0.217. The predicted molar refractivity (Wildman–Crippen MR) is 118 cm³/mol. The van der Waals surface area contributed by atoms with E-state index in [1.165, 1.54) is 20.5 Å². The monoisotopic (exact) mass is 413 g/mol. The van der Waals surface area contributed by atoms with Gasteiger partial charge < -0.3 is 0 Å². The maximum absolute atomic E-state index is 13.4. The number of hydrogen-bond donors (Lipinski definition) is 0. The molecule has 0 bridgehead atoms. The molecule has 5 aromatic rings. The van der Waals surface area contributed by atoms with Crippen molar-refractivity contribution in [3.63, 3.8) is 0 Å². The molecule has 0 N–H and O–H groups in total. The second kappa shape index (κ2) is 6.88. The molecule has 0 amide bonds. The number of rotatable bonds is 4. The Labute approximate surface area is 176 Å². The summed E-state index contributed by atoms with van der Waals surface area (Å²) >= 11 is 1.75. The Hall–Kier alpha value is -3.32. The van der Waals surface area contributed by atoms with Crippen LogP contribution in [0.1, 0.15) is 22.4 Å². The molecule has 4 aromatic heterocycles. The van der Waals surface area contributed by atoms with Gasteiger partial charge in [0.05, 0.1) is 5.39 Å². The topological polar surface area (TPSA) is 65.1 Å². The second-order valence-corrected chi connectivity index (χ2v) is 8.70. The first-order chi connectivity index (χ1) is 14.8. The van der Waals surface area contributed by atoms with Gasteiger partial charge in [0, 0.05) is 29.4 Å². The Morgan fingerprint density at radius 1 is 1.07 bits per heavy atom. The van der Waals surface area contributed by atoms with Crippen molar-refractivity contribution in [3.05, 3.63) is 81.3 Å². The third-order valence-electron chi connectivity index (χ3n) is 5.78. The minimum absolute atomic E-state index is 0.129. The van der Waals surface area contributed by atoms with E-state index in [1.54, 1.807) is 23.7 Å². The summed E-state index contributed by atoms with van der Waals surface area (Å²) in [4.78, 5) is 24.8. The van der Waals surface area contributed by atoms with Gasteiger partial charge in [0.1, 0.15) is 4.83 Å². The summed E-state index contributed by atoms with van der Waals surface area (Å²) in [6.45, 7) is 0.622. The highest BCUT2D eigenvalue weighted by Gasteiger charge is 2.25. The van der Waals surface area contributed by atoms with E-state index in [1.807, 2.05) is 34.9 Å². The largest absolute Gasteiger partial charge is 0.351 e. The van der Waals surface area contributed by atoms with Crippen LogP contribution in [0.2, 0.25) is 0 Å². The molecule has 7 heteroatoms. The average Bonchev–Trinajstić information content (AvgIpc) is 3.49. The minimum atomic E-state index is -0.129. The number of aromatic nitrogens is 5. The predicted octanol–water partition coefficient (Wildman–Crippen LogP) is 3.90. The van der Waals surface area contributed by atoms with E-state index >= 15 is 0 Å². The molecule has 1 aromatic carbocycles. The van der Waals surface area contributed by atoms with Crippen LogP contribution >= 0.6 is 11.3 Å². The number of fused-ring (bicyclic) bond motifs is 5. The summed E-state index contributed by atoms with van der Waals surface area (Å²) in [5.41, 5.74) is 3.92. The van der Waals surface area contributed by atoms with Crippen LogP contribution < -0.4 is 5.69 Å². The van der Waals surface area contributed by atoms with E-state index in [4.69, 9.17) is 4.98 Å². The second-order valence-electron chi connectivity index (χ2n) is 7.62. The summed E-state index contributed by atoms with van der Waals surface area (Å²) in [7, 11) is 0. The lowest BCUT2D eigenvalue weighted by Gasteiger charge is -2.09. The van der Waals surface area contributed by atoms with Gasteiger partial charge in [0.2, 0.25) is 0 Å². The molecule has 4 heterocycles. The van der Waals surface area contributed by atoms with Gasteiger partial charge in [0.25, 0.3) is 0 Å². The molecule has 0 fully saturated rings. The standard InChI is InChI=1S/C23H19N5OS/c29-23-27(13-11-15-6-2-1-3-7-15)22-19(17-9-4-10-18(17)30-22)21-25-20(26-28(21)23)16-8-5-12-24-14-16/h1-3,5-8,12,14H,4,9-11,13H2. The van der Waals surface area contributed by atoms with E-state index in [0.29, 0.717) is 18.0 Å². The van der Waals surface area contributed by atoms with Gasteiger partial charge in [0.15, 0.2) is 11.5 Å². The Morgan fingerprint density at radius 2 is 1.97 bits per heavy atom. The molecule has 1 aliphatic carbocycles. The molecule has 0 atom stereocenters. The van der Waals surface area contributed by atoms with Crippen LogP contribution in [0.5, 0.6) is 0 Å². The molecule has 0 unspecified atom stereocenters. The molecule has 0 saturated carbocycles. The lowest BCUT2D eigenvalue weighted by Crippen LogP contribution is -2.28. The van der Waals surface area contributed by atoms with Gasteiger partial charge in [-0.25, -0.2) is 9.78 Å². The van der Waals surface area contributed by atoms with Crippen molar-refractivity contribution in [1.82, 2.24) is 24.1 Å². The van der Waals surface area contributed by atoms with Crippen molar-refractivity contribution in [2.45, 2.75) is 32.2 Å². The Bertz CT molecular complexity index is 1430. The molecule has 6 nitrogen and oxygen atoms in total. The van der Waals surface area contributed by atoms with Crippen LogP contribution in [0.15, 0.2) is 59.7 Å². The number of benzene rings is 1. The molecular weight excluding hydrogens is 394 g/mol. The van der Waals surface area contributed by atoms with Crippen LogP contribution in [-0.4, -0.2) is 24.1 Å². The number of pyridine rings is 1. The highest BCUT2D eigenvalue weighted by Crippen LogP contribution is 2.38. The van der Waals surface area contributed by atoms with Crippen LogP contribution in [0.25, 0.3) is 27.3 Å². The number of aryl methyl sites for hydroxylation is 4. The fourth-order valence-electron chi connectivity index (χ4n) is 4.32. The molecule has 0 radical (unpaired) electrons. The smallest absolute Gasteiger partial charge is 0.283 e. The first-order valence-electron chi connectivity index (χ1n) is 10.2. The fourth-order valence-corrected chi connectivity index (χ4v) is 5.72. The van der Waals surface area contributed by atoms with Gasteiger partial charge in [-0.2, -0.15) is 4.52 Å². The maximum atomic E-state index is 13.4. The van der Waals surface area contributed by atoms with E-state index < -0.39 is 0 Å². The highest BCUT2D eigenvalue weighted by atomic mass is 32.1. The summed E-state index contributed by atoms with van der Waals surface area (Å²) in [5, 5.41) is 5.69. The normalized spacial score (nSPS) is 13.3. The van der Waals surface area contributed by atoms with Crippen molar-refractivity contribution in [2.24, 2.45) is 0 Å². The zero-order valence-electron chi connectivity index (χ0n) is 16.3. The zero-order valence-corrected chi connectivity index (χ0v) is 17.1. The highest BCUT2D eigenvalue weighted by molar-refractivity contribution is 7.19. The van der Waals surface area contributed by atoms with Gasteiger partial charge in [-0.05, 0) is 48.9 Å². The van der Waals surface area contributed by atoms with Gasteiger partial charge in [-0.1, -0.05) is 30.3 Å². The first-order valence-corrected chi connectivity index (χ1v) is 11.0. The first kappa shape index (κ1) is 17.5. The SMILES string of the molecule is O=c1n(CCc2ccccc2)c2sc3c(c2c2nc(-c4cccnc4)nn12)CCC3. The summed E-state index contributed by atoms with van der Waals surface area (Å²) in [6, 6.07) is 14.1. The van der Waals surface area contributed by atoms with Crippen LogP contribution in [-0.2, 0) is 25.8 Å². The van der Waals surface area contributed by atoms with Crippen molar-refractivity contribution >= 4 is 27.2 Å². The zero-order chi connectivity index (χ0) is 20.1. The molecule has 0 spiro atoms. The van der Waals surface area contributed by atoms with E-state index in [-0.39, 0.29) is 5.69 Å². The van der Waals surface area contributed by atoms with E-state index in [2.05, 4.69) is 22.2 Å². The van der Waals surface area contributed by atoms with Gasteiger partial charge in [-0.3, -0.25) is 9.55 Å². The Balaban J connectivity index is 1.58. The van der Waals surface area contributed by atoms with Crippen molar-refractivity contribution in [2.75, 3.05) is 0 Å². The summed E-state index contributed by atoms with van der Waals surface area (Å²) < 4.78 is 3.38. The Morgan fingerprint density at radius 3 is 2.80 bits per heavy atom. The molecule has 0 saturated heterocycles. The summed E-state index contributed by atoms with van der Waals surface area (Å²) in [5.74, 6) is 0.542. The lowest BCUT2D eigenvalue weighted by atomic mass is 10.1. The lowest BCUT2D eigenvalue weighted by molar-refractivity contribution is 0.654. The quantitative estimate of drug-likeness (QED) is 0.448. The third-order valence-corrected chi connectivity index (χ3v) is 7.09. The molecule has 1 aliphatic rings. The van der Waals surface area contributed by atoms with E-state index in [0.717, 1.165) is 41.5 Å². The van der Waals surface area contributed by atoms with Crippen LogP contribution in [0.3, 0.4) is 0 Å². The average molecular weight is 414 g/mol. The number of nitrogens with zero attached hydrogens (tertiary/aromatic N) is 5. The molecule has 6 rings (SSSR count). The summed E-state index contributed by atoms with van der Waals surface area (Å²) in [6.07, 6.45) is 7.54. The maximum Gasteiger partial charge on any atom is 0.351 e. The van der Waals surface area contributed by atoms with Crippen LogP contribution in [0.4, 0.5) is 0 Å². The molecule has 148 valence electrons. The van der Waals surface area contributed by atoms with Crippen molar-refractivity contribution in [3.8, 4) is 11.4 Å². The molecule has 30 heavy (non-hydrogen) atoms. The third kappa shape index (κ3) is 2.69. The number of thiophene rings is 1. The van der Waals surface area contributed by atoms with Crippen molar-refractivity contribution < 1.29 is 0 Å². The minimum Gasteiger partial charge on any atom is -0.283 e. The Kier molecular flexibility index (Phi) is 4.02. The molecular formula is C23H19N5OS. The molecule has 0 aliphatic heterocycles. The van der Waals surface area contributed by atoms with Gasteiger partial charge >= 0.3 is 5.69 Å². The van der Waals surface area contributed by atoms with Gasteiger partial charge in [-0.15, -0.1) is 16.4 Å². The van der Waals surface area contributed by atoms with Crippen LogP contribution in [0, 0.1) is 0 Å². The number of hydrogen-bond acceptors (Lipinski definition) is 5. The van der Waals surface area contributed by atoms with E-state index in [9.17, 15) is 4.79 Å².